The van der Waals surface area contributed by atoms with Crippen molar-refractivity contribution in [1.82, 2.24) is 14.8 Å². The summed E-state index contributed by atoms with van der Waals surface area (Å²) in [7, 11) is 1.38. The zero-order chi connectivity index (χ0) is 22.9. The molecule has 0 radical (unpaired) electrons. The van der Waals surface area contributed by atoms with Crippen LogP contribution in [0.15, 0.2) is 29.8 Å². The standard InChI is InChI=1S/C24H24N4O3S2/c1-14-20-16(17-9-6-12-32-17)10-11-25-22(20)28(27-14)13-19(29)26-23-21(24(30)31-2)15-7-4-3-5-8-18(15)33-23/h6,9-12H,3-5,7-8,13H2,1-2H3,(H,26,29). The average molecular weight is 481 g/mol. The summed E-state index contributed by atoms with van der Waals surface area (Å²) in [6.45, 7) is 1.94. The van der Waals surface area contributed by atoms with Crippen LogP contribution in [0.2, 0.25) is 0 Å². The fraction of sp³-hybridized carbons (Fsp3) is 0.333. The predicted octanol–water partition coefficient (Wildman–Crippen LogP) is 5.22. The molecule has 0 saturated heterocycles. The highest BCUT2D eigenvalue weighted by Gasteiger charge is 2.26. The van der Waals surface area contributed by atoms with E-state index >= 15 is 0 Å². The molecule has 4 aromatic rings. The Morgan fingerprint density at radius 2 is 2.06 bits per heavy atom. The monoisotopic (exact) mass is 480 g/mol. The van der Waals surface area contributed by atoms with E-state index in [1.807, 2.05) is 24.4 Å². The Bertz CT molecular complexity index is 1340. The van der Waals surface area contributed by atoms with E-state index in [0.29, 0.717) is 16.2 Å². The van der Waals surface area contributed by atoms with Crippen molar-refractivity contribution < 1.29 is 14.3 Å². The molecule has 170 valence electrons. The quantitative estimate of drug-likeness (QED) is 0.312. The van der Waals surface area contributed by atoms with E-state index in [2.05, 4.69) is 21.5 Å². The van der Waals surface area contributed by atoms with Gasteiger partial charge >= 0.3 is 5.97 Å². The molecular formula is C24H24N4O3S2. The van der Waals surface area contributed by atoms with Crippen LogP contribution in [-0.4, -0.2) is 33.8 Å². The Morgan fingerprint density at radius 1 is 1.21 bits per heavy atom. The van der Waals surface area contributed by atoms with Gasteiger partial charge in [0.25, 0.3) is 0 Å². The summed E-state index contributed by atoms with van der Waals surface area (Å²) in [6.07, 6.45) is 6.80. The van der Waals surface area contributed by atoms with Crippen molar-refractivity contribution in [3.8, 4) is 10.4 Å². The third-order valence-electron chi connectivity index (χ3n) is 5.95. The number of carbonyl (C=O) groups is 2. The van der Waals surface area contributed by atoms with Gasteiger partial charge in [0.2, 0.25) is 5.91 Å². The number of amides is 1. The minimum Gasteiger partial charge on any atom is -0.465 e. The number of carbonyl (C=O) groups excluding carboxylic acids is 2. The van der Waals surface area contributed by atoms with Gasteiger partial charge in [0, 0.05) is 21.5 Å². The number of hydrogen-bond donors (Lipinski definition) is 1. The molecule has 0 saturated carbocycles. The molecule has 9 heteroatoms. The van der Waals surface area contributed by atoms with E-state index in [0.717, 1.165) is 59.2 Å². The molecular weight excluding hydrogens is 456 g/mol. The second-order valence-corrected chi connectivity index (χ2v) is 10.1. The maximum atomic E-state index is 13.0. The molecule has 33 heavy (non-hydrogen) atoms. The molecule has 4 heterocycles. The molecule has 1 amide bonds. The van der Waals surface area contributed by atoms with Crippen LogP contribution in [0.3, 0.4) is 0 Å². The lowest BCUT2D eigenvalue weighted by Crippen LogP contribution is -2.20. The van der Waals surface area contributed by atoms with Gasteiger partial charge in [0.1, 0.15) is 11.5 Å². The number of methoxy groups -OCH3 is 1. The fourth-order valence-electron chi connectivity index (χ4n) is 4.48. The number of fused-ring (bicyclic) bond motifs is 2. The van der Waals surface area contributed by atoms with Crippen molar-refractivity contribution in [1.29, 1.82) is 0 Å². The number of aryl methyl sites for hydroxylation is 2. The van der Waals surface area contributed by atoms with Crippen molar-refractivity contribution in [3.63, 3.8) is 0 Å². The first-order valence-electron chi connectivity index (χ1n) is 11.0. The van der Waals surface area contributed by atoms with Gasteiger partial charge in [0.15, 0.2) is 5.65 Å². The molecule has 0 bridgehead atoms. The van der Waals surface area contributed by atoms with Crippen molar-refractivity contribution in [2.24, 2.45) is 0 Å². The topological polar surface area (TPSA) is 86.1 Å². The molecule has 5 rings (SSSR count). The first-order chi connectivity index (χ1) is 16.1. The van der Waals surface area contributed by atoms with Crippen LogP contribution < -0.4 is 5.32 Å². The van der Waals surface area contributed by atoms with E-state index in [9.17, 15) is 9.59 Å². The lowest BCUT2D eigenvalue weighted by atomic mass is 10.1. The molecule has 0 atom stereocenters. The fourth-order valence-corrected chi connectivity index (χ4v) is 6.53. The molecule has 7 nitrogen and oxygen atoms in total. The highest BCUT2D eigenvalue weighted by molar-refractivity contribution is 7.17. The number of ether oxygens (including phenoxy) is 1. The minimum absolute atomic E-state index is 0.00835. The van der Waals surface area contributed by atoms with Crippen molar-refractivity contribution in [2.75, 3.05) is 12.4 Å². The number of anilines is 1. The van der Waals surface area contributed by atoms with Gasteiger partial charge in [-0.05, 0) is 55.7 Å². The second kappa shape index (κ2) is 9.07. The van der Waals surface area contributed by atoms with Crippen LogP contribution in [0, 0.1) is 6.92 Å². The van der Waals surface area contributed by atoms with Gasteiger partial charge in [-0.25, -0.2) is 14.5 Å². The molecule has 0 aliphatic heterocycles. The Hall–Kier alpha value is -3.04. The zero-order valence-electron chi connectivity index (χ0n) is 18.5. The Labute approximate surface area is 199 Å². The number of esters is 1. The highest BCUT2D eigenvalue weighted by atomic mass is 32.1. The summed E-state index contributed by atoms with van der Waals surface area (Å²) in [5, 5.41) is 11.1. The van der Waals surface area contributed by atoms with Gasteiger partial charge in [-0.3, -0.25) is 4.79 Å². The van der Waals surface area contributed by atoms with Crippen molar-refractivity contribution in [3.05, 3.63) is 51.5 Å². The van der Waals surface area contributed by atoms with Gasteiger partial charge in [-0.2, -0.15) is 5.10 Å². The van der Waals surface area contributed by atoms with Crippen LogP contribution in [0.5, 0.6) is 0 Å². The maximum Gasteiger partial charge on any atom is 0.341 e. The Morgan fingerprint density at radius 3 is 2.85 bits per heavy atom. The van der Waals surface area contributed by atoms with E-state index in [-0.39, 0.29) is 12.5 Å². The summed E-state index contributed by atoms with van der Waals surface area (Å²) >= 11 is 3.15. The number of thiophene rings is 2. The lowest BCUT2D eigenvalue weighted by molar-refractivity contribution is -0.116. The summed E-state index contributed by atoms with van der Waals surface area (Å²) in [5.41, 5.74) is 4.10. The van der Waals surface area contributed by atoms with E-state index < -0.39 is 5.97 Å². The maximum absolute atomic E-state index is 13.0. The second-order valence-electron chi connectivity index (χ2n) is 8.09. The number of nitrogens with one attached hydrogen (secondary N) is 1. The number of pyridine rings is 1. The molecule has 0 aromatic carbocycles. The average Bonchev–Trinajstić information content (AvgIpc) is 3.49. The third kappa shape index (κ3) is 4.06. The number of rotatable bonds is 5. The lowest BCUT2D eigenvalue weighted by Gasteiger charge is -2.08. The van der Waals surface area contributed by atoms with Crippen LogP contribution in [0.4, 0.5) is 5.00 Å². The van der Waals surface area contributed by atoms with Crippen LogP contribution in [0.1, 0.15) is 45.8 Å². The van der Waals surface area contributed by atoms with Gasteiger partial charge in [-0.1, -0.05) is 12.5 Å². The van der Waals surface area contributed by atoms with Crippen LogP contribution in [0.25, 0.3) is 21.5 Å². The summed E-state index contributed by atoms with van der Waals surface area (Å²) < 4.78 is 6.67. The highest BCUT2D eigenvalue weighted by Crippen LogP contribution is 2.38. The molecule has 0 spiro atoms. The van der Waals surface area contributed by atoms with Gasteiger partial charge in [-0.15, -0.1) is 22.7 Å². The molecule has 1 N–H and O–H groups in total. The van der Waals surface area contributed by atoms with E-state index in [1.54, 1.807) is 22.2 Å². The first kappa shape index (κ1) is 21.8. The van der Waals surface area contributed by atoms with Crippen molar-refractivity contribution in [2.45, 2.75) is 45.6 Å². The molecule has 4 aromatic heterocycles. The number of hydrogen-bond acceptors (Lipinski definition) is 7. The number of nitrogens with zero attached hydrogens (tertiary/aromatic N) is 3. The van der Waals surface area contributed by atoms with Gasteiger partial charge in [0.05, 0.1) is 23.8 Å². The van der Waals surface area contributed by atoms with Gasteiger partial charge < -0.3 is 10.1 Å². The summed E-state index contributed by atoms with van der Waals surface area (Å²) in [6, 6.07) is 6.06. The summed E-state index contributed by atoms with van der Waals surface area (Å²) in [4.78, 5) is 32.4. The minimum atomic E-state index is -0.396. The summed E-state index contributed by atoms with van der Waals surface area (Å²) in [5.74, 6) is -0.642. The normalized spacial score (nSPS) is 13.5. The smallest absolute Gasteiger partial charge is 0.341 e. The molecule has 1 aliphatic rings. The third-order valence-corrected chi connectivity index (χ3v) is 8.06. The largest absolute Gasteiger partial charge is 0.465 e. The number of aromatic nitrogens is 3. The zero-order valence-corrected chi connectivity index (χ0v) is 20.1. The van der Waals surface area contributed by atoms with Crippen LogP contribution >= 0.6 is 22.7 Å². The molecule has 0 fully saturated rings. The van der Waals surface area contributed by atoms with Crippen molar-refractivity contribution >= 4 is 50.6 Å². The van der Waals surface area contributed by atoms with E-state index in [4.69, 9.17) is 4.74 Å². The van der Waals surface area contributed by atoms with Crippen LogP contribution in [-0.2, 0) is 28.9 Å². The SMILES string of the molecule is COC(=O)c1c(NC(=O)Cn2nc(C)c3c(-c4cccs4)ccnc32)sc2c1CCCCC2. The molecule has 0 unspecified atom stereocenters. The first-order valence-corrected chi connectivity index (χ1v) is 12.6. The Kier molecular flexibility index (Phi) is 5.99. The predicted molar refractivity (Wildman–Crippen MR) is 131 cm³/mol. The molecule has 1 aliphatic carbocycles. The van der Waals surface area contributed by atoms with E-state index in [1.165, 1.54) is 23.3 Å². The Balaban J connectivity index is 1.45.